The van der Waals surface area contributed by atoms with E-state index in [-0.39, 0.29) is 34.1 Å². The number of allylic oxidation sites excluding steroid dienone is 1. The Bertz CT molecular complexity index is 1010. The lowest BCUT2D eigenvalue weighted by molar-refractivity contribution is -0.137. The zero-order valence-corrected chi connectivity index (χ0v) is 19.3. The van der Waals surface area contributed by atoms with Crippen molar-refractivity contribution in [1.82, 2.24) is 0 Å². The van der Waals surface area contributed by atoms with Gasteiger partial charge in [0, 0.05) is 18.0 Å². The number of benzene rings is 1. The zero-order valence-electron chi connectivity index (χ0n) is 19.3. The van der Waals surface area contributed by atoms with E-state index in [2.05, 4.69) is 19.2 Å². The number of rotatable bonds is 2. The summed E-state index contributed by atoms with van der Waals surface area (Å²) in [4.78, 5) is 25.3. The third kappa shape index (κ3) is 3.64. The molecule has 178 valence electrons. The highest BCUT2D eigenvalue weighted by molar-refractivity contribution is 5.93. The third-order valence-corrected chi connectivity index (χ3v) is 9.74. The van der Waals surface area contributed by atoms with Crippen LogP contribution in [0.5, 0.6) is 0 Å². The second-order valence-electron chi connectivity index (χ2n) is 11.2. The number of amides is 1. The van der Waals surface area contributed by atoms with Crippen molar-refractivity contribution in [1.29, 1.82) is 0 Å². The molecule has 33 heavy (non-hydrogen) atoms. The smallest absolute Gasteiger partial charge is 0.326 e. The molecule has 0 spiro atoms. The van der Waals surface area contributed by atoms with E-state index in [0.717, 1.165) is 57.1 Å². The Morgan fingerprint density at radius 3 is 2.58 bits per heavy atom. The molecule has 6 atom stereocenters. The first-order valence-corrected chi connectivity index (χ1v) is 12.2. The molecule has 3 fully saturated rings. The number of ketones is 1. The number of anilines is 1. The first-order chi connectivity index (χ1) is 15.5. The monoisotopic (exact) mass is 459 g/mol. The van der Waals surface area contributed by atoms with Gasteiger partial charge >= 0.3 is 6.18 Å². The first kappa shape index (κ1) is 22.7. The lowest BCUT2D eigenvalue weighted by Crippen LogP contribution is -2.51. The molecule has 5 rings (SSSR count). The van der Waals surface area contributed by atoms with Crippen molar-refractivity contribution in [3.63, 3.8) is 0 Å². The van der Waals surface area contributed by atoms with E-state index in [1.807, 2.05) is 6.08 Å². The second-order valence-corrected chi connectivity index (χ2v) is 11.2. The summed E-state index contributed by atoms with van der Waals surface area (Å²) < 4.78 is 39.2. The van der Waals surface area contributed by atoms with Gasteiger partial charge in [-0.2, -0.15) is 13.2 Å². The minimum Gasteiger partial charge on any atom is -0.326 e. The van der Waals surface area contributed by atoms with Crippen molar-refractivity contribution < 1.29 is 22.8 Å². The van der Waals surface area contributed by atoms with Crippen molar-refractivity contribution >= 4 is 17.4 Å². The summed E-state index contributed by atoms with van der Waals surface area (Å²) in [7, 11) is 0. The summed E-state index contributed by atoms with van der Waals surface area (Å²) in [6.45, 7) is 4.58. The fourth-order valence-corrected chi connectivity index (χ4v) is 7.99. The first-order valence-electron chi connectivity index (χ1n) is 12.2. The van der Waals surface area contributed by atoms with Crippen LogP contribution in [0.1, 0.15) is 70.8 Å². The van der Waals surface area contributed by atoms with Crippen LogP contribution < -0.4 is 5.32 Å². The number of nitrogens with one attached hydrogen (secondary N) is 1. The average Bonchev–Trinajstić information content (AvgIpc) is 3.11. The molecule has 1 amide bonds. The SMILES string of the molecule is C[C@]12CCC(=O)C=C1CCC1C2CC[C@@]2(C)C1CC[C@@H]2C(=O)Nc1cccc(C(F)(F)F)c1. The largest absolute Gasteiger partial charge is 0.416 e. The Kier molecular flexibility index (Phi) is 5.30. The number of halogens is 3. The molecule has 0 aliphatic heterocycles. The van der Waals surface area contributed by atoms with Crippen LogP contribution in [0.4, 0.5) is 18.9 Å². The van der Waals surface area contributed by atoms with Gasteiger partial charge in [0.25, 0.3) is 0 Å². The molecular weight excluding hydrogens is 427 g/mol. The summed E-state index contributed by atoms with van der Waals surface area (Å²) in [6.07, 6.45) is 4.86. The van der Waals surface area contributed by atoms with Crippen LogP contribution in [0.3, 0.4) is 0 Å². The van der Waals surface area contributed by atoms with Crippen molar-refractivity contribution in [3.05, 3.63) is 41.5 Å². The van der Waals surface area contributed by atoms with Crippen molar-refractivity contribution in [2.24, 2.45) is 34.5 Å². The Balaban J connectivity index is 1.35. The normalized spacial score (nSPS) is 38.1. The minimum absolute atomic E-state index is 0.0938. The van der Waals surface area contributed by atoms with E-state index in [1.54, 1.807) is 0 Å². The summed E-state index contributed by atoms with van der Waals surface area (Å²) >= 11 is 0. The highest BCUT2D eigenvalue weighted by Crippen LogP contribution is 2.66. The van der Waals surface area contributed by atoms with Gasteiger partial charge in [-0.15, -0.1) is 0 Å². The van der Waals surface area contributed by atoms with Gasteiger partial charge in [0.15, 0.2) is 5.78 Å². The van der Waals surface area contributed by atoms with Crippen LogP contribution in [-0.4, -0.2) is 11.7 Å². The van der Waals surface area contributed by atoms with E-state index in [4.69, 9.17) is 0 Å². The zero-order chi connectivity index (χ0) is 23.6. The van der Waals surface area contributed by atoms with Crippen molar-refractivity contribution in [2.45, 2.75) is 71.4 Å². The van der Waals surface area contributed by atoms with Gasteiger partial charge in [-0.25, -0.2) is 0 Å². The Hall–Kier alpha value is -2.11. The van der Waals surface area contributed by atoms with E-state index < -0.39 is 11.7 Å². The molecule has 0 aromatic heterocycles. The fraction of sp³-hybridized carbons (Fsp3) is 0.630. The molecule has 1 aromatic carbocycles. The number of carbonyl (C=O) groups is 2. The topological polar surface area (TPSA) is 46.2 Å². The lowest BCUT2D eigenvalue weighted by Gasteiger charge is -2.58. The van der Waals surface area contributed by atoms with Crippen molar-refractivity contribution in [3.8, 4) is 0 Å². The van der Waals surface area contributed by atoms with Crippen LogP contribution in [0.15, 0.2) is 35.9 Å². The molecule has 4 aliphatic carbocycles. The predicted octanol–water partition coefficient (Wildman–Crippen LogP) is 6.79. The van der Waals surface area contributed by atoms with Gasteiger partial charge in [-0.05, 0) is 97.8 Å². The molecule has 1 aromatic rings. The average molecular weight is 460 g/mol. The maximum absolute atomic E-state index is 13.3. The lowest BCUT2D eigenvalue weighted by atomic mass is 9.47. The fourth-order valence-electron chi connectivity index (χ4n) is 7.99. The summed E-state index contributed by atoms with van der Waals surface area (Å²) in [5.74, 6) is 1.47. The maximum Gasteiger partial charge on any atom is 0.416 e. The van der Waals surface area contributed by atoms with Crippen LogP contribution in [0, 0.1) is 34.5 Å². The third-order valence-electron chi connectivity index (χ3n) is 9.74. The standard InChI is InChI=1S/C27H32F3NO2/c1-25-12-10-19(32)15-16(25)6-7-20-21-8-9-23(26(21,2)13-11-22(20)25)24(33)31-18-5-3-4-17(14-18)27(28,29)30/h3-5,14-15,20-23H,6-13H2,1-2H3,(H,31,33)/t20?,21?,22?,23-,25+,26+/m1/s1. The van der Waals surface area contributed by atoms with Gasteiger partial charge in [0.05, 0.1) is 5.56 Å². The Labute approximate surface area is 193 Å². The number of carbonyl (C=O) groups excluding carboxylic acids is 2. The number of fused-ring (bicyclic) bond motifs is 5. The molecular formula is C27H32F3NO2. The van der Waals surface area contributed by atoms with E-state index in [1.165, 1.54) is 17.7 Å². The molecule has 0 radical (unpaired) electrons. The van der Waals surface area contributed by atoms with Gasteiger partial charge in [-0.3, -0.25) is 9.59 Å². The Morgan fingerprint density at radius 2 is 1.82 bits per heavy atom. The van der Waals surface area contributed by atoms with Gasteiger partial charge in [0.2, 0.25) is 5.91 Å². The van der Waals surface area contributed by atoms with Crippen LogP contribution in [0.2, 0.25) is 0 Å². The number of alkyl halides is 3. The molecule has 1 N–H and O–H groups in total. The molecule has 3 saturated carbocycles. The second kappa shape index (κ2) is 7.71. The maximum atomic E-state index is 13.3. The highest BCUT2D eigenvalue weighted by atomic mass is 19.4. The van der Waals surface area contributed by atoms with E-state index in [9.17, 15) is 22.8 Å². The summed E-state index contributed by atoms with van der Waals surface area (Å²) in [5.41, 5.74) is 0.760. The van der Waals surface area contributed by atoms with Gasteiger partial charge < -0.3 is 5.32 Å². The molecule has 3 unspecified atom stereocenters. The summed E-state index contributed by atoms with van der Waals surface area (Å²) in [5, 5.41) is 2.80. The highest BCUT2D eigenvalue weighted by Gasteiger charge is 2.60. The van der Waals surface area contributed by atoms with Crippen LogP contribution >= 0.6 is 0 Å². The molecule has 6 heteroatoms. The molecule has 0 heterocycles. The number of hydrogen-bond acceptors (Lipinski definition) is 2. The van der Waals surface area contributed by atoms with E-state index >= 15 is 0 Å². The predicted molar refractivity (Wildman–Crippen MR) is 120 cm³/mol. The molecule has 4 aliphatic rings. The van der Waals surface area contributed by atoms with Crippen molar-refractivity contribution in [2.75, 3.05) is 5.32 Å². The van der Waals surface area contributed by atoms with Gasteiger partial charge in [0.1, 0.15) is 0 Å². The molecule has 0 bridgehead atoms. The molecule has 0 saturated heterocycles. The van der Waals surface area contributed by atoms with Gasteiger partial charge in [-0.1, -0.05) is 25.5 Å². The van der Waals surface area contributed by atoms with Crippen LogP contribution in [0.25, 0.3) is 0 Å². The number of hydrogen-bond donors (Lipinski definition) is 1. The quantitative estimate of drug-likeness (QED) is 0.529. The summed E-state index contributed by atoms with van der Waals surface area (Å²) in [6, 6.07) is 4.91. The molecule has 3 nitrogen and oxygen atoms in total. The van der Waals surface area contributed by atoms with E-state index in [0.29, 0.717) is 24.2 Å². The van der Waals surface area contributed by atoms with Crippen LogP contribution in [-0.2, 0) is 15.8 Å². The Morgan fingerprint density at radius 1 is 1.03 bits per heavy atom. The minimum atomic E-state index is -4.43.